The van der Waals surface area contributed by atoms with Gasteiger partial charge in [0.25, 0.3) is 5.69 Å². The number of anilines is 1. The summed E-state index contributed by atoms with van der Waals surface area (Å²) >= 11 is 0. The SMILES string of the molecule is Nc1ccc(-c2ccc([N+](=O)[O-])cc2)nn1. The maximum Gasteiger partial charge on any atom is 0.269 e. The van der Waals surface area contributed by atoms with Crippen molar-refractivity contribution in [1.82, 2.24) is 10.2 Å². The summed E-state index contributed by atoms with van der Waals surface area (Å²) in [4.78, 5) is 10.0. The number of benzene rings is 1. The zero-order valence-electron chi connectivity index (χ0n) is 8.20. The molecule has 0 atom stereocenters. The molecule has 0 aliphatic heterocycles. The second kappa shape index (κ2) is 3.93. The first-order valence-corrected chi connectivity index (χ1v) is 4.51. The molecule has 1 aromatic carbocycles. The number of hydrogen-bond acceptors (Lipinski definition) is 5. The maximum atomic E-state index is 10.5. The number of hydrogen-bond donors (Lipinski definition) is 1. The van der Waals surface area contributed by atoms with Gasteiger partial charge in [0, 0.05) is 17.7 Å². The molecule has 0 spiro atoms. The van der Waals surface area contributed by atoms with Crippen LogP contribution in [0.4, 0.5) is 11.5 Å². The minimum absolute atomic E-state index is 0.0483. The fourth-order valence-corrected chi connectivity index (χ4v) is 1.25. The highest BCUT2D eigenvalue weighted by Gasteiger charge is 2.05. The number of nitro benzene ring substituents is 1. The lowest BCUT2D eigenvalue weighted by Crippen LogP contribution is -1.94. The predicted octanol–water partition coefficient (Wildman–Crippen LogP) is 1.63. The highest BCUT2D eigenvalue weighted by molar-refractivity contribution is 5.60. The van der Waals surface area contributed by atoms with Crippen LogP contribution < -0.4 is 5.73 Å². The summed E-state index contributed by atoms with van der Waals surface area (Å²) in [5, 5.41) is 18.0. The summed E-state index contributed by atoms with van der Waals surface area (Å²) in [6.45, 7) is 0. The molecule has 0 fully saturated rings. The number of nitro groups is 1. The van der Waals surface area contributed by atoms with Gasteiger partial charge in [-0.25, -0.2) is 0 Å². The molecule has 2 N–H and O–H groups in total. The topological polar surface area (TPSA) is 94.9 Å². The molecule has 80 valence electrons. The van der Waals surface area contributed by atoms with Crippen LogP contribution >= 0.6 is 0 Å². The monoisotopic (exact) mass is 216 g/mol. The van der Waals surface area contributed by atoms with Gasteiger partial charge < -0.3 is 5.73 Å². The third-order valence-corrected chi connectivity index (χ3v) is 2.06. The van der Waals surface area contributed by atoms with Crippen molar-refractivity contribution in [2.24, 2.45) is 0 Å². The summed E-state index contributed by atoms with van der Waals surface area (Å²) in [6.07, 6.45) is 0. The minimum Gasteiger partial charge on any atom is -0.382 e. The van der Waals surface area contributed by atoms with Gasteiger partial charge in [0.1, 0.15) is 5.82 Å². The van der Waals surface area contributed by atoms with Gasteiger partial charge in [0.15, 0.2) is 0 Å². The number of nitrogens with zero attached hydrogens (tertiary/aromatic N) is 3. The lowest BCUT2D eigenvalue weighted by molar-refractivity contribution is -0.384. The van der Waals surface area contributed by atoms with Gasteiger partial charge in [-0.1, -0.05) is 0 Å². The highest BCUT2D eigenvalue weighted by atomic mass is 16.6. The molecule has 1 aromatic heterocycles. The molecule has 0 unspecified atom stereocenters. The van der Waals surface area contributed by atoms with Crippen LogP contribution in [0.1, 0.15) is 0 Å². The molecule has 0 radical (unpaired) electrons. The standard InChI is InChI=1S/C10H8N4O2/c11-10-6-5-9(12-13-10)7-1-3-8(4-2-7)14(15)16/h1-6H,(H2,11,13). The Morgan fingerprint density at radius 1 is 1.06 bits per heavy atom. The Balaban J connectivity index is 2.34. The normalized spacial score (nSPS) is 10.0. The van der Waals surface area contributed by atoms with Crippen molar-refractivity contribution in [2.45, 2.75) is 0 Å². The van der Waals surface area contributed by atoms with Crippen LogP contribution in [-0.4, -0.2) is 15.1 Å². The van der Waals surface area contributed by atoms with Crippen LogP contribution in [0.3, 0.4) is 0 Å². The van der Waals surface area contributed by atoms with Crippen LogP contribution in [0.2, 0.25) is 0 Å². The molecule has 16 heavy (non-hydrogen) atoms. The van der Waals surface area contributed by atoms with E-state index in [4.69, 9.17) is 5.73 Å². The molecule has 0 bridgehead atoms. The number of rotatable bonds is 2. The Bertz CT molecular complexity index is 507. The van der Waals surface area contributed by atoms with E-state index in [0.29, 0.717) is 11.5 Å². The molecule has 0 amide bonds. The van der Waals surface area contributed by atoms with E-state index in [1.807, 2.05) is 0 Å². The first-order chi connectivity index (χ1) is 7.66. The lowest BCUT2D eigenvalue weighted by atomic mass is 10.1. The third kappa shape index (κ3) is 1.95. The summed E-state index contributed by atoms with van der Waals surface area (Å²) in [5.41, 5.74) is 6.84. The van der Waals surface area contributed by atoms with Gasteiger partial charge in [-0.15, -0.1) is 10.2 Å². The number of nitrogen functional groups attached to an aromatic ring is 1. The van der Waals surface area contributed by atoms with Gasteiger partial charge in [-0.2, -0.15) is 0 Å². The Morgan fingerprint density at radius 3 is 2.25 bits per heavy atom. The van der Waals surface area contributed by atoms with E-state index >= 15 is 0 Å². The van der Waals surface area contributed by atoms with E-state index in [1.54, 1.807) is 24.3 Å². The van der Waals surface area contributed by atoms with Gasteiger partial charge in [-0.05, 0) is 24.3 Å². The van der Waals surface area contributed by atoms with E-state index in [2.05, 4.69) is 10.2 Å². The molecule has 0 aliphatic rings. The fraction of sp³-hybridized carbons (Fsp3) is 0. The van der Waals surface area contributed by atoms with E-state index in [-0.39, 0.29) is 5.69 Å². The molecule has 2 rings (SSSR count). The van der Waals surface area contributed by atoms with Crippen LogP contribution in [0.15, 0.2) is 36.4 Å². The summed E-state index contributed by atoms with van der Waals surface area (Å²) in [7, 11) is 0. The summed E-state index contributed by atoms with van der Waals surface area (Å²) < 4.78 is 0. The van der Waals surface area contributed by atoms with E-state index < -0.39 is 4.92 Å². The van der Waals surface area contributed by atoms with Crippen molar-refractivity contribution in [2.75, 3.05) is 5.73 Å². The number of nitrogens with two attached hydrogens (primary N) is 1. The smallest absolute Gasteiger partial charge is 0.269 e. The Kier molecular flexibility index (Phi) is 2.47. The Hall–Kier alpha value is -2.50. The molecule has 6 heteroatoms. The van der Waals surface area contributed by atoms with E-state index in [1.165, 1.54) is 12.1 Å². The zero-order valence-corrected chi connectivity index (χ0v) is 8.20. The molecular weight excluding hydrogens is 208 g/mol. The van der Waals surface area contributed by atoms with Crippen molar-refractivity contribution in [3.63, 3.8) is 0 Å². The van der Waals surface area contributed by atoms with E-state index in [0.717, 1.165) is 5.56 Å². The van der Waals surface area contributed by atoms with Crippen molar-refractivity contribution >= 4 is 11.5 Å². The largest absolute Gasteiger partial charge is 0.382 e. The summed E-state index contributed by atoms with van der Waals surface area (Å²) in [5.74, 6) is 0.339. The fourth-order valence-electron chi connectivity index (χ4n) is 1.25. The van der Waals surface area contributed by atoms with Crippen molar-refractivity contribution < 1.29 is 4.92 Å². The average molecular weight is 216 g/mol. The average Bonchev–Trinajstić information content (AvgIpc) is 2.30. The zero-order chi connectivity index (χ0) is 11.5. The van der Waals surface area contributed by atoms with Crippen LogP contribution in [0, 0.1) is 10.1 Å². The Labute approximate surface area is 90.9 Å². The van der Waals surface area contributed by atoms with Gasteiger partial charge in [0.05, 0.1) is 10.6 Å². The first kappa shape index (κ1) is 10.0. The van der Waals surface area contributed by atoms with Crippen molar-refractivity contribution in [1.29, 1.82) is 0 Å². The Morgan fingerprint density at radius 2 is 1.75 bits per heavy atom. The number of non-ortho nitro benzene ring substituents is 1. The minimum atomic E-state index is -0.446. The van der Waals surface area contributed by atoms with Crippen LogP contribution in [-0.2, 0) is 0 Å². The second-order valence-electron chi connectivity index (χ2n) is 3.15. The van der Waals surface area contributed by atoms with Crippen molar-refractivity contribution in [3.05, 3.63) is 46.5 Å². The van der Waals surface area contributed by atoms with Crippen LogP contribution in [0.25, 0.3) is 11.3 Å². The maximum absolute atomic E-state index is 10.5. The first-order valence-electron chi connectivity index (χ1n) is 4.51. The van der Waals surface area contributed by atoms with Crippen molar-refractivity contribution in [3.8, 4) is 11.3 Å². The van der Waals surface area contributed by atoms with E-state index in [9.17, 15) is 10.1 Å². The van der Waals surface area contributed by atoms with Gasteiger partial charge >= 0.3 is 0 Å². The molecule has 0 saturated heterocycles. The number of aromatic nitrogens is 2. The highest BCUT2D eigenvalue weighted by Crippen LogP contribution is 2.20. The molecule has 0 saturated carbocycles. The van der Waals surface area contributed by atoms with Gasteiger partial charge in [-0.3, -0.25) is 10.1 Å². The van der Waals surface area contributed by atoms with Crippen LogP contribution in [0.5, 0.6) is 0 Å². The molecule has 0 aliphatic carbocycles. The van der Waals surface area contributed by atoms with Gasteiger partial charge in [0.2, 0.25) is 0 Å². The lowest BCUT2D eigenvalue weighted by Gasteiger charge is -1.99. The summed E-state index contributed by atoms with van der Waals surface area (Å²) in [6, 6.07) is 9.44. The molecular formula is C10H8N4O2. The third-order valence-electron chi connectivity index (χ3n) is 2.06. The molecule has 6 nitrogen and oxygen atoms in total. The predicted molar refractivity (Wildman–Crippen MR) is 58.5 cm³/mol. The molecule has 2 aromatic rings. The second-order valence-corrected chi connectivity index (χ2v) is 3.15. The quantitative estimate of drug-likeness (QED) is 0.608. The molecule has 1 heterocycles.